The van der Waals surface area contributed by atoms with Crippen molar-refractivity contribution in [3.05, 3.63) is 100 Å². The van der Waals surface area contributed by atoms with Crippen molar-refractivity contribution in [1.82, 2.24) is 16.0 Å². The van der Waals surface area contributed by atoms with Crippen LogP contribution in [-0.4, -0.2) is 63.0 Å². The summed E-state index contributed by atoms with van der Waals surface area (Å²) >= 11 is 3.55. The summed E-state index contributed by atoms with van der Waals surface area (Å²) in [5.74, 6) is -0.152. The zero-order valence-corrected chi connectivity index (χ0v) is 30.8. The number of methoxy groups -OCH3 is 1. The van der Waals surface area contributed by atoms with Crippen LogP contribution in [-0.2, 0) is 16.1 Å². The molecule has 0 saturated heterocycles. The molecule has 1 heterocycles. The summed E-state index contributed by atoms with van der Waals surface area (Å²) in [6.45, 7) is 2.38. The van der Waals surface area contributed by atoms with Crippen molar-refractivity contribution < 1.29 is 23.9 Å². The van der Waals surface area contributed by atoms with Gasteiger partial charge in [0.25, 0.3) is 17.7 Å². The molecule has 1 saturated carbocycles. The molecule has 6 rings (SSSR count). The Kier molecular flexibility index (Phi) is 11.4. The molecular weight excluding hydrogens is 710 g/mol. The predicted molar refractivity (Wildman–Crippen MR) is 203 cm³/mol. The van der Waals surface area contributed by atoms with Crippen molar-refractivity contribution in [3.8, 4) is 5.75 Å². The van der Waals surface area contributed by atoms with Crippen molar-refractivity contribution in [2.45, 2.75) is 57.7 Å². The number of halogens is 1. The lowest BCUT2D eigenvalue weighted by molar-refractivity contribution is -0.128. The third-order valence-electron chi connectivity index (χ3n) is 10.0. The first-order valence-electron chi connectivity index (χ1n) is 17.5. The second-order valence-electron chi connectivity index (χ2n) is 13.3. The van der Waals surface area contributed by atoms with Gasteiger partial charge < -0.3 is 30.5 Å². The first kappa shape index (κ1) is 36.1. The molecule has 4 aromatic carbocycles. The molecule has 51 heavy (non-hydrogen) atoms. The molecule has 0 bridgehead atoms. The van der Waals surface area contributed by atoms with E-state index in [0.29, 0.717) is 40.7 Å². The zero-order valence-electron chi connectivity index (χ0n) is 29.2. The maximum atomic E-state index is 14.6. The molecule has 0 aromatic heterocycles. The summed E-state index contributed by atoms with van der Waals surface area (Å²) in [6.07, 6.45) is 5.93. The van der Waals surface area contributed by atoms with Crippen LogP contribution in [0.5, 0.6) is 5.75 Å². The van der Waals surface area contributed by atoms with E-state index in [4.69, 9.17) is 4.74 Å². The number of hydrogen-bond donors (Lipinski definition) is 3. The van der Waals surface area contributed by atoms with Crippen molar-refractivity contribution in [3.63, 3.8) is 0 Å². The Morgan fingerprint density at radius 1 is 0.922 bits per heavy atom. The average Bonchev–Trinajstić information content (AvgIpc) is 3.27. The van der Waals surface area contributed by atoms with E-state index in [1.54, 1.807) is 56.3 Å². The summed E-state index contributed by atoms with van der Waals surface area (Å²) in [4.78, 5) is 58.3. The highest BCUT2D eigenvalue weighted by Gasteiger charge is 2.38. The van der Waals surface area contributed by atoms with Crippen molar-refractivity contribution >= 4 is 61.7 Å². The maximum Gasteiger partial charge on any atom is 0.258 e. The van der Waals surface area contributed by atoms with E-state index < -0.39 is 12.1 Å². The zero-order chi connectivity index (χ0) is 36.1. The monoisotopic (exact) mass is 753 g/mol. The van der Waals surface area contributed by atoms with Crippen LogP contribution < -0.4 is 30.5 Å². The lowest BCUT2D eigenvalue weighted by Crippen LogP contribution is -2.55. The lowest BCUT2D eigenvalue weighted by Gasteiger charge is -2.27. The van der Waals surface area contributed by atoms with Gasteiger partial charge in [-0.05, 0) is 98.1 Å². The van der Waals surface area contributed by atoms with Crippen LogP contribution in [0.2, 0.25) is 0 Å². The molecule has 0 radical (unpaired) electrons. The third-order valence-corrected chi connectivity index (χ3v) is 10.5. The van der Waals surface area contributed by atoms with E-state index in [2.05, 4.69) is 31.9 Å². The molecule has 2 aliphatic rings. The van der Waals surface area contributed by atoms with Crippen molar-refractivity contribution in [2.24, 2.45) is 5.92 Å². The largest absolute Gasteiger partial charge is 0.496 e. The topological polar surface area (TPSA) is 120 Å². The van der Waals surface area contributed by atoms with Gasteiger partial charge in [-0.25, -0.2) is 0 Å². The number of anilines is 2. The molecule has 1 fully saturated rings. The van der Waals surface area contributed by atoms with Crippen LogP contribution in [0.3, 0.4) is 0 Å². The molecule has 266 valence electrons. The summed E-state index contributed by atoms with van der Waals surface area (Å²) in [5.41, 5.74) is 2.65. The predicted octanol–water partition coefficient (Wildman–Crippen LogP) is 6.21. The van der Waals surface area contributed by atoms with Gasteiger partial charge in [0, 0.05) is 27.7 Å². The van der Waals surface area contributed by atoms with Gasteiger partial charge in [-0.2, -0.15) is 0 Å². The molecular formula is C40H44BrN5O5. The fourth-order valence-corrected chi connectivity index (χ4v) is 7.36. The Labute approximate surface area is 307 Å². The molecule has 1 aliphatic heterocycles. The molecule has 4 amide bonds. The van der Waals surface area contributed by atoms with Crippen LogP contribution in [0.4, 0.5) is 11.4 Å². The number of ether oxygens (including phenoxy) is 1. The lowest BCUT2D eigenvalue weighted by atomic mass is 9.89. The normalized spacial score (nSPS) is 17.0. The van der Waals surface area contributed by atoms with Crippen LogP contribution in [0.1, 0.15) is 65.3 Å². The molecule has 1 aliphatic carbocycles. The van der Waals surface area contributed by atoms with E-state index in [1.165, 1.54) is 24.2 Å². The van der Waals surface area contributed by atoms with Crippen LogP contribution in [0, 0.1) is 5.92 Å². The Bertz CT molecular complexity index is 1930. The van der Waals surface area contributed by atoms with Gasteiger partial charge in [0.05, 0.1) is 37.6 Å². The van der Waals surface area contributed by atoms with Gasteiger partial charge in [-0.1, -0.05) is 59.5 Å². The fourth-order valence-electron chi connectivity index (χ4n) is 6.99. The molecule has 4 aromatic rings. The van der Waals surface area contributed by atoms with Crippen LogP contribution >= 0.6 is 15.9 Å². The van der Waals surface area contributed by atoms with E-state index in [9.17, 15) is 19.2 Å². The van der Waals surface area contributed by atoms with Gasteiger partial charge in [-0.3, -0.25) is 19.2 Å². The minimum atomic E-state index is -1.07. The quantitative estimate of drug-likeness (QED) is 0.177. The highest BCUT2D eigenvalue weighted by atomic mass is 79.9. The number of carbonyl (C=O) groups is 4. The highest BCUT2D eigenvalue weighted by Crippen LogP contribution is 2.38. The SMILES string of the molecule is CNC(C)C(=O)N[C@H]1CN(C(=O)c2ccc(C(=O)NCC3CCCCC3)cc2)c2ccccc2N(Cc2c(OC)ccc3cc(Br)ccc23)C1=O. The maximum absolute atomic E-state index is 14.6. The molecule has 2 atom stereocenters. The Hall–Kier alpha value is -4.74. The van der Waals surface area contributed by atoms with E-state index >= 15 is 0 Å². The van der Waals surface area contributed by atoms with E-state index in [0.717, 1.165) is 33.7 Å². The van der Waals surface area contributed by atoms with Gasteiger partial charge in [0.2, 0.25) is 5.91 Å². The van der Waals surface area contributed by atoms with E-state index in [-0.39, 0.29) is 36.7 Å². The van der Waals surface area contributed by atoms with Gasteiger partial charge in [0.15, 0.2) is 0 Å². The third kappa shape index (κ3) is 7.94. The number of para-hydroxylation sites is 2. The van der Waals surface area contributed by atoms with Crippen LogP contribution in [0.15, 0.2) is 83.3 Å². The first-order valence-corrected chi connectivity index (χ1v) is 18.3. The van der Waals surface area contributed by atoms with Crippen molar-refractivity contribution in [1.29, 1.82) is 0 Å². The Balaban J connectivity index is 1.34. The summed E-state index contributed by atoms with van der Waals surface area (Å²) in [6, 6.07) is 22.0. The minimum Gasteiger partial charge on any atom is -0.496 e. The molecule has 11 heteroatoms. The average molecular weight is 755 g/mol. The highest BCUT2D eigenvalue weighted by molar-refractivity contribution is 9.10. The number of nitrogens with one attached hydrogen (secondary N) is 3. The molecule has 0 spiro atoms. The second-order valence-corrected chi connectivity index (χ2v) is 14.2. The Morgan fingerprint density at radius 2 is 1.63 bits per heavy atom. The minimum absolute atomic E-state index is 0.101. The fraction of sp³-hybridized carbons (Fsp3) is 0.350. The number of carbonyl (C=O) groups excluding carboxylic acids is 4. The van der Waals surface area contributed by atoms with Gasteiger partial charge >= 0.3 is 0 Å². The number of fused-ring (bicyclic) bond motifs is 2. The number of nitrogens with zero attached hydrogens (tertiary/aromatic N) is 2. The summed E-state index contributed by atoms with van der Waals surface area (Å²) in [7, 11) is 3.26. The van der Waals surface area contributed by atoms with Gasteiger partial charge in [-0.15, -0.1) is 0 Å². The van der Waals surface area contributed by atoms with E-state index in [1.807, 2.05) is 48.5 Å². The first-order chi connectivity index (χ1) is 24.7. The smallest absolute Gasteiger partial charge is 0.258 e. The summed E-state index contributed by atoms with van der Waals surface area (Å²) in [5, 5.41) is 10.8. The number of benzene rings is 4. The number of likely N-dealkylation sites (N-methyl/N-ethyl adjacent to an activating group) is 1. The second kappa shape index (κ2) is 16.1. The standard InChI is InChI=1S/C40H44BrN5O5/c1-25(42-2)37(47)44-33-24-46(39(49)28-15-13-27(14-16-28)38(48)43-22-26-9-5-4-6-10-26)35-12-8-7-11-34(35)45(40(33)50)23-32-31-19-18-30(41)21-29(31)17-20-36(32)51-3/h7-8,11-21,25-26,33,42H,4-6,9-10,22-24H2,1-3H3,(H,43,48)(H,44,47)/t25?,33-/m0/s1. The number of amides is 4. The van der Waals surface area contributed by atoms with Gasteiger partial charge in [0.1, 0.15) is 11.8 Å². The molecule has 10 nitrogen and oxygen atoms in total. The number of rotatable bonds is 10. The number of hydrogen-bond acceptors (Lipinski definition) is 6. The van der Waals surface area contributed by atoms with Crippen LogP contribution in [0.25, 0.3) is 10.8 Å². The molecule has 1 unspecified atom stereocenters. The Morgan fingerprint density at radius 3 is 2.33 bits per heavy atom. The van der Waals surface area contributed by atoms with Crippen molar-refractivity contribution in [2.75, 3.05) is 37.0 Å². The summed E-state index contributed by atoms with van der Waals surface area (Å²) < 4.78 is 6.71. The molecule has 3 N–H and O–H groups in total.